The Morgan fingerprint density at radius 3 is 2.63 bits per heavy atom. The fourth-order valence-electron chi connectivity index (χ4n) is 3.51. The number of para-hydroxylation sites is 1. The van der Waals surface area contributed by atoms with Crippen molar-refractivity contribution in [2.75, 3.05) is 38.2 Å². The number of pyridine rings is 1. The van der Waals surface area contributed by atoms with Crippen LogP contribution in [0.3, 0.4) is 0 Å². The molecular formula is C20H23N5O2. The predicted octanol–water partition coefficient (Wildman–Crippen LogP) is 2.02. The highest BCUT2D eigenvalue weighted by molar-refractivity contribution is 5.77. The third kappa shape index (κ3) is 3.58. The first-order chi connectivity index (χ1) is 13.3. The third-order valence-corrected chi connectivity index (χ3v) is 5.01. The molecule has 3 aromatic rings. The molecule has 27 heavy (non-hydrogen) atoms. The fraction of sp³-hybridized carbons (Fsp3) is 0.350. The van der Waals surface area contributed by atoms with Gasteiger partial charge in [-0.2, -0.15) is 0 Å². The Balaban J connectivity index is 1.34. The van der Waals surface area contributed by atoms with Crippen LogP contribution in [0.4, 0.5) is 5.95 Å². The van der Waals surface area contributed by atoms with Gasteiger partial charge >= 0.3 is 0 Å². The maximum Gasteiger partial charge on any atom is 0.231 e. The monoisotopic (exact) mass is 365 g/mol. The highest BCUT2D eigenvalue weighted by atomic mass is 16.5. The molecule has 1 aliphatic rings. The number of methoxy groups -OCH3 is 1. The molecule has 7 nitrogen and oxygen atoms in total. The molecule has 140 valence electrons. The summed E-state index contributed by atoms with van der Waals surface area (Å²) in [7, 11) is 1.66. The number of aryl methyl sites for hydroxylation is 1. The zero-order valence-corrected chi connectivity index (χ0v) is 15.4. The Labute approximate surface area is 158 Å². The summed E-state index contributed by atoms with van der Waals surface area (Å²) in [6.07, 6.45) is 3.15. The number of carbonyl (C=O) groups excluding carboxylic acids is 1. The number of rotatable bonds is 5. The van der Waals surface area contributed by atoms with E-state index in [4.69, 9.17) is 4.74 Å². The van der Waals surface area contributed by atoms with Gasteiger partial charge in [0, 0.05) is 38.8 Å². The maximum atomic E-state index is 12.6. The van der Waals surface area contributed by atoms with E-state index >= 15 is 0 Å². The van der Waals surface area contributed by atoms with Crippen molar-refractivity contribution >= 4 is 17.5 Å². The number of aromatic nitrogens is 3. The van der Waals surface area contributed by atoms with E-state index in [1.165, 1.54) is 0 Å². The molecule has 0 radical (unpaired) electrons. The van der Waals surface area contributed by atoms with E-state index < -0.39 is 0 Å². The van der Waals surface area contributed by atoms with E-state index in [1.54, 1.807) is 7.11 Å². The summed E-state index contributed by atoms with van der Waals surface area (Å²) in [4.78, 5) is 16.7. The number of piperazine rings is 1. The lowest BCUT2D eigenvalue weighted by atomic mass is 10.1. The van der Waals surface area contributed by atoms with E-state index in [9.17, 15) is 4.79 Å². The van der Waals surface area contributed by atoms with E-state index in [2.05, 4.69) is 15.1 Å². The van der Waals surface area contributed by atoms with Crippen LogP contribution < -0.4 is 9.64 Å². The summed E-state index contributed by atoms with van der Waals surface area (Å²) >= 11 is 0. The predicted molar refractivity (Wildman–Crippen MR) is 103 cm³/mol. The van der Waals surface area contributed by atoms with Gasteiger partial charge in [-0.25, -0.2) is 0 Å². The number of fused-ring (bicyclic) bond motifs is 1. The minimum Gasteiger partial charge on any atom is -0.496 e. The molecule has 0 spiro atoms. The van der Waals surface area contributed by atoms with Crippen molar-refractivity contribution in [1.29, 1.82) is 0 Å². The van der Waals surface area contributed by atoms with Crippen LogP contribution in [0.15, 0.2) is 48.7 Å². The quantitative estimate of drug-likeness (QED) is 0.692. The summed E-state index contributed by atoms with van der Waals surface area (Å²) in [5.41, 5.74) is 1.91. The van der Waals surface area contributed by atoms with Crippen molar-refractivity contribution in [2.45, 2.75) is 12.8 Å². The number of amides is 1. The minimum atomic E-state index is 0.187. The number of carbonyl (C=O) groups is 1. The average molecular weight is 365 g/mol. The fourth-order valence-corrected chi connectivity index (χ4v) is 3.51. The van der Waals surface area contributed by atoms with Gasteiger partial charge in [-0.15, -0.1) is 10.2 Å². The molecule has 0 N–H and O–H groups in total. The molecule has 0 saturated carbocycles. The normalized spacial score (nSPS) is 14.6. The molecule has 4 rings (SSSR count). The van der Waals surface area contributed by atoms with Gasteiger partial charge in [-0.05, 0) is 30.2 Å². The molecule has 3 heterocycles. The summed E-state index contributed by atoms with van der Waals surface area (Å²) in [6.45, 7) is 2.92. The first kappa shape index (κ1) is 17.3. The van der Waals surface area contributed by atoms with Gasteiger partial charge in [0.25, 0.3) is 0 Å². The SMILES string of the molecule is COc1ccccc1CCC(=O)N1CCN(c2nnc3ccccn23)CC1. The lowest BCUT2D eigenvalue weighted by molar-refractivity contribution is -0.131. The second-order valence-corrected chi connectivity index (χ2v) is 6.61. The summed E-state index contributed by atoms with van der Waals surface area (Å²) < 4.78 is 7.35. The minimum absolute atomic E-state index is 0.187. The van der Waals surface area contributed by atoms with Gasteiger partial charge in [0.1, 0.15) is 5.75 Å². The van der Waals surface area contributed by atoms with Crippen LogP contribution in [-0.4, -0.2) is 58.7 Å². The number of nitrogens with zero attached hydrogens (tertiary/aromatic N) is 5. The second kappa shape index (κ2) is 7.65. The molecule has 0 atom stereocenters. The molecule has 0 aliphatic carbocycles. The van der Waals surface area contributed by atoms with Crippen molar-refractivity contribution in [1.82, 2.24) is 19.5 Å². The Morgan fingerprint density at radius 1 is 1.04 bits per heavy atom. The second-order valence-electron chi connectivity index (χ2n) is 6.61. The highest BCUT2D eigenvalue weighted by Crippen LogP contribution is 2.20. The van der Waals surface area contributed by atoms with E-state index in [0.29, 0.717) is 25.9 Å². The van der Waals surface area contributed by atoms with E-state index in [0.717, 1.165) is 36.0 Å². The van der Waals surface area contributed by atoms with Crippen molar-refractivity contribution in [3.8, 4) is 5.75 Å². The molecular weight excluding hydrogens is 342 g/mol. The Hall–Kier alpha value is -3.09. The Morgan fingerprint density at radius 2 is 1.81 bits per heavy atom. The molecule has 1 fully saturated rings. The van der Waals surface area contributed by atoms with Gasteiger partial charge in [0.2, 0.25) is 11.9 Å². The van der Waals surface area contributed by atoms with E-state index in [1.807, 2.05) is 58.0 Å². The van der Waals surface area contributed by atoms with E-state index in [-0.39, 0.29) is 5.91 Å². The molecule has 0 unspecified atom stereocenters. The van der Waals surface area contributed by atoms with Crippen LogP contribution in [0.5, 0.6) is 5.75 Å². The van der Waals surface area contributed by atoms with Gasteiger partial charge in [0.15, 0.2) is 5.65 Å². The zero-order chi connectivity index (χ0) is 18.6. The molecule has 1 aromatic carbocycles. The maximum absolute atomic E-state index is 12.6. The summed E-state index contributed by atoms with van der Waals surface area (Å²) in [6, 6.07) is 13.7. The summed E-state index contributed by atoms with van der Waals surface area (Å²) in [5, 5.41) is 8.51. The van der Waals surface area contributed by atoms with Crippen LogP contribution in [0.1, 0.15) is 12.0 Å². The van der Waals surface area contributed by atoms with Crippen LogP contribution >= 0.6 is 0 Å². The number of anilines is 1. The number of hydrogen-bond acceptors (Lipinski definition) is 5. The smallest absolute Gasteiger partial charge is 0.231 e. The molecule has 7 heteroatoms. The van der Waals surface area contributed by atoms with Crippen LogP contribution in [0.2, 0.25) is 0 Å². The molecule has 1 amide bonds. The number of hydrogen-bond donors (Lipinski definition) is 0. The molecule has 0 bridgehead atoms. The lowest BCUT2D eigenvalue weighted by Crippen LogP contribution is -2.49. The van der Waals surface area contributed by atoms with Crippen LogP contribution in [0.25, 0.3) is 5.65 Å². The summed E-state index contributed by atoms with van der Waals surface area (Å²) in [5.74, 6) is 1.87. The first-order valence-electron chi connectivity index (χ1n) is 9.20. The van der Waals surface area contributed by atoms with Gasteiger partial charge in [-0.1, -0.05) is 24.3 Å². The number of ether oxygens (including phenoxy) is 1. The van der Waals surface area contributed by atoms with Gasteiger partial charge < -0.3 is 14.5 Å². The standard InChI is InChI=1S/C20H23N5O2/c1-27-17-7-3-2-6-16(17)9-10-19(26)23-12-14-24(15-13-23)20-22-21-18-8-4-5-11-25(18)20/h2-8,11H,9-10,12-15H2,1H3. The van der Waals surface area contributed by atoms with Crippen molar-refractivity contribution < 1.29 is 9.53 Å². The van der Waals surface area contributed by atoms with Crippen molar-refractivity contribution in [3.63, 3.8) is 0 Å². The first-order valence-corrected chi connectivity index (χ1v) is 9.20. The highest BCUT2D eigenvalue weighted by Gasteiger charge is 2.23. The molecule has 1 aliphatic heterocycles. The lowest BCUT2D eigenvalue weighted by Gasteiger charge is -2.34. The van der Waals surface area contributed by atoms with Crippen LogP contribution in [-0.2, 0) is 11.2 Å². The zero-order valence-electron chi connectivity index (χ0n) is 15.4. The largest absolute Gasteiger partial charge is 0.496 e. The van der Waals surface area contributed by atoms with Crippen LogP contribution in [0, 0.1) is 0 Å². The number of benzene rings is 1. The molecule has 1 saturated heterocycles. The van der Waals surface area contributed by atoms with Crippen molar-refractivity contribution in [2.24, 2.45) is 0 Å². The van der Waals surface area contributed by atoms with Gasteiger partial charge in [-0.3, -0.25) is 9.20 Å². The Bertz CT molecular complexity index is 931. The molecule has 2 aromatic heterocycles. The van der Waals surface area contributed by atoms with Gasteiger partial charge in [0.05, 0.1) is 7.11 Å². The third-order valence-electron chi connectivity index (χ3n) is 5.01. The Kier molecular flexibility index (Phi) is 4.91. The average Bonchev–Trinajstić information content (AvgIpc) is 3.16. The topological polar surface area (TPSA) is 63.0 Å². The van der Waals surface area contributed by atoms with Crippen molar-refractivity contribution in [3.05, 3.63) is 54.2 Å².